The van der Waals surface area contributed by atoms with Crippen molar-refractivity contribution < 1.29 is 32.6 Å². The number of ether oxygens (including phenoxy) is 3. The van der Waals surface area contributed by atoms with Gasteiger partial charge in [0.25, 0.3) is 5.91 Å². The normalized spacial score (nSPS) is 17.8. The number of nitrogens with one attached hydrogen (secondary N) is 1. The Morgan fingerprint density at radius 3 is 2.81 bits per heavy atom. The van der Waals surface area contributed by atoms with Gasteiger partial charge in [-0.2, -0.15) is 0 Å². The van der Waals surface area contributed by atoms with Gasteiger partial charge < -0.3 is 19.5 Å². The van der Waals surface area contributed by atoms with Crippen molar-refractivity contribution in [3.8, 4) is 11.5 Å². The van der Waals surface area contributed by atoms with Gasteiger partial charge in [-0.05, 0) is 24.3 Å². The molecule has 1 amide bonds. The molecule has 132 valence electrons. The van der Waals surface area contributed by atoms with E-state index >= 15 is 0 Å². The molecule has 0 unspecified atom stereocenters. The number of esters is 1. The Hall–Kier alpha value is -3.42. The quantitative estimate of drug-likeness (QED) is 0.658. The highest BCUT2D eigenvalue weighted by molar-refractivity contribution is 6.35. The van der Waals surface area contributed by atoms with E-state index in [1.54, 1.807) is 6.07 Å². The average molecular weight is 359 g/mol. The summed E-state index contributed by atoms with van der Waals surface area (Å²) in [4.78, 5) is 23.9. The fraction of sp³-hybridized carbons (Fsp3) is 0.111. The molecule has 6 nitrogen and oxygen atoms in total. The van der Waals surface area contributed by atoms with Gasteiger partial charge in [0.15, 0.2) is 11.5 Å². The molecule has 0 aliphatic carbocycles. The maximum absolute atomic E-state index is 13.3. The van der Waals surface area contributed by atoms with Gasteiger partial charge >= 0.3 is 12.3 Å². The van der Waals surface area contributed by atoms with Crippen molar-refractivity contribution in [1.29, 1.82) is 0 Å². The number of halogens is 2. The Morgan fingerprint density at radius 2 is 2.04 bits per heavy atom. The highest BCUT2D eigenvalue weighted by atomic mass is 19.3. The van der Waals surface area contributed by atoms with E-state index in [2.05, 4.69) is 19.5 Å². The number of alkyl halides is 2. The molecule has 0 aromatic heterocycles. The minimum Gasteiger partial charge on any atom is -0.465 e. The number of fused-ring (bicyclic) bond motifs is 2. The number of para-hydroxylation sites is 1. The van der Waals surface area contributed by atoms with Gasteiger partial charge in [0.2, 0.25) is 0 Å². The first-order chi connectivity index (χ1) is 12.4. The van der Waals surface area contributed by atoms with E-state index in [-0.39, 0.29) is 28.2 Å². The topological polar surface area (TPSA) is 73.9 Å². The lowest BCUT2D eigenvalue weighted by Crippen LogP contribution is -2.26. The number of rotatable bonds is 2. The van der Waals surface area contributed by atoms with Crippen LogP contribution >= 0.6 is 0 Å². The summed E-state index contributed by atoms with van der Waals surface area (Å²) in [5.74, 6) is -1.21. The number of anilines is 1. The van der Waals surface area contributed by atoms with Crippen molar-refractivity contribution in [3.63, 3.8) is 0 Å². The van der Waals surface area contributed by atoms with E-state index in [0.29, 0.717) is 11.3 Å². The minimum absolute atomic E-state index is 0.107. The summed E-state index contributed by atoms with van der Waals surface area (Å²) in [5, 5.41) is 2.64. The predicted octanol–water partition coefficient (Wildman–Crippen LogP) is 3.29. The second-order valence-electron chi connectivity index (χ2n) is 5.61. The van der Waals surface area contributed by atoms with Crippen LogP contribution in [-0.2, 0) is 9.53 Å². The Morgan fingerprint density at radius 1 is 1.23 bits per heavy atom. The molecule has 0 bridgehead atoms. The van der Waals surface area contributed by atoms with E-state index in [1.807, 2.05) is 0 Å². The summed E-state index contributed by atoms with van der Waals surface area (Å²) < 4.78 is 40.2. The molecule has 0 radical (unpaired) electrons. The first-order valence-electron chi connectivity index (χ1n) is 7.52. The number of methoxy groups -OCH3 is 1. The number of carbonyl (C=O) groups is 2. The summed E-state index contributed by atoms with van der Waals surface area (Å²) in [6.45, 7) is 0. The van der Waals surface area contributed by atoms with Crippen molar-refractivity contribution in [2.24, 2.45) is 0 Å². The molecule has 0 saturated heterocycles. The Bertz CT molecular complexity index is 984. The molecule has 8 heteroatoms. The Kier molecular flexibility index (Phi) is 3.43. The molecule has 0 atom stereocenters. The third-order valence-corrected chi connectivity index (χ3v) is 3.98. The third kappa shape index (κ3) is 2.55. The predicted molar refractivity (Wildman–Crippen MR) is 86.9 cm³/mol. The third-order valence-electron chi connectivity index (χ3n) is 3.98. The number of benzene rings is 2. The van der Waals surface area contributed by atoms with E-state index in [9.17, 15) is 18.4 Å². The van der Waals surface area contributed by atoms with Crippen LogP contribution in [0.15, 0.2) is 36.4 Å². The van der Waals surface area contributed by atoms with Gasteiger partial charge in [-0.15, -0.1) is 8.78 Å². The zero-order chi connectivity index (χ0) is 18.5. The highest BCUT2D eigenvalue weighted by Crippen LogP contribution is 2.45. The molecule has 4 rings (SSSR count). The standard InChI is InChI=1S/C18H11F2NO5/c1-24-17(23)10-5-6-11-12(16(22)21-13(11)8-10)7-9-3-2-4-14-15(9)26-18(19,20)25-14/h2-8H,1H3,(H,21,22)/b12-7+. The fourth-order valence-corrected chi connectivity index (χ4v) is 2.84. The van der Waals surface area contributed by atoms with Crippen LogP contribution < -0.4 is 14.8 Å². The maximum Gasteiger partial charge on any atom is 0.586 e. The van der Waals surface area contributed by atoms with Crippen LogP contribution in [0, 0.1) is 0 Å². The molecule has 0 fully saturated rings. The lowest BCUT2D eigenvalue weighted by atomic mass is 10.0. The Labute approximate surface area is 146 Å². The molecule has 1 N–H and O–H groups in total. The second kappa shape index (κ2) is 5.55. The summed E-state index contributed by atoms with van der Waals surface area (Å²) in [6.07, 6.45) is -2.31. The lowest BCUT2D eigenvalue weighted by molar-refractivity contribution is -0.286. The van der Waals surface area contributed by atoms with Gasteiger partial charge in [0, 0.05) is 22.4 Å². The van der Waals surface area contributed by atoms with Crippen LogP contribution in [0.4, 0.5) is 14.5 Å². The number of amides is 1. The van der Waals surface area contributed by atoms with Gasteiger partial charge in [-0.1, -0.05) is 18.2 Å². The molecule has 0 spiro atoms. The molecule has 26 heavy (non-hydrogen) atoms. The van der Waals surface area contributed by atoms with E-state index in [1.165, 1.54) is 43.5 Å². The van der Waals surface area contributed by atoms with Gasteiger partial charge in [-0.3, -0.25) is 4.79 Å². The van der Waals surface area contributed by atoms with Crippen LogP contribution in [0.25, 0.3) is 11.6 Å². The average Bonchev–Trinajstić information content (AvgIpc) is 3.09. The fourth-order valence-electron chi connectivity index (χ4n) is 2.84. The van der Waals surface area contributed by atoms with Crippen LogP contribution in [0.5, 0.6) is 11.5 Å². The van der Waals surface area contributed by atoms with Crippen molar-refractivity contribution >= 4 is 29.2 Å². The van der Waals surface area contributed by atoms with Gasteiger partial charge in [-0.25, -0.2) is 4.79 Å². The first kappa shape index (κ1) is 16.1. The zero-order valence-electron chi connectivity index (χ0n) is 13.3. The van der Waals surface area contributed by atoms with Gasteiger partial charge in [0.1, 0.15) is 0 Å². The smallest absolute Gasteiger partial charge is 0.465 e. The summed E-state index contributed by atoms with van der Waals surface area (Å²) in [6, 6.07) is 8.99. The van der Waals surface area contributed by atoms with E-state index < -0.39 is 18.2 Å². The minimum atomic E-state index is -3.75. The number of hydrogen-bond acceptors (Lipinski definition) is 5. The molecule has 2 heterocycles. The summed E-state index contributed by atoms with van der Waals surface area (Å²) in [7, 11) is 1.26. The second-order valence-corrected chi connectivity index (χ2v) is 5.61. The van der Waals surface area contributed by atoms with Crippen molar-refractivity contribution in [2.75, 3.05) is 12.4 Å². The van der Waals surface area contributed by atoms with Gasteiger partial charge in [0.05, 0.1) is 12.7 Å². The number of hydrogen-bond donors (Lipinski definition) is 1. The van der Waals surface area contributed by atoms with Crippen molar-refractivity contribution in [2.45, 2.75) is 6.29 Å². The van der Waals surface area contributed by atoms with E-state index in [4.69, 9.17) is 0 Å². The number of carbonyl (C=O) groups excluding carboxylic acids is 2. The summed E-state index contributed by atoms with van der Waals surface area (Å²) in [5.41, 5.74) is 1.77. The monoisotopic (exact) mass is 359 g/mol. The summed E-state index contributed by atoms with van der Waals surface area (Å²) >= 11 is 0. The van der Waals surface area contributed by atoms with Crippen LogP contribution in [0.1, 0.15) is 21.5 Å². The molecule has 2 aliphatic heterocycles. The highest BCUT2D eigenvalue weighted by Gasteiger charge is 2.44. The Balaban J connectivity index is 1.77. The van der Waals surface area contributed by atoms with Crippen LogP contribution in [0.2, 0.25) is 0 Å². The molecule has 2 aromatic carbocycles. The SMILES string of the molecule is COC(=O)c1ccc2c(c1)NC(=O)/C2=C/c1cccc2c1OC(F)(F)O2. The molecular weight excluding hydrogens is 348 g/mol. The zero-order valence-corrected chi connectivity index (χ0v) is 13.3. The van der Waals surface area contributed by atoms with Crippen molar-refractivity contribution in [3.05, 3.63) is 53.1 Å². The van der Waals surface area contributed by atoms with Crippen LogP contribution in [0.3, 0.4) is 0 Å². The maximum atomic E-state index is 13.3. The molecule has 0 saturated carbocycles. The largest absolute Gasteiger partial charge is 0.586 e. The van der Waals surface area contributed by atoms with Crippen molar-refractivity contribution in [1.82, 2.24) is 0 Å². The molecular formula is C18H11F2NO5. The van der Waals surface area contributed by atoms with E-state index in [0.717, 1.165) is 0 Å². The molecule has 2 aromatic rings. The first-order valence-corrected chi connectivity index (χ1v) is 7.52. The molecule has 2 aliphatic rings. The van der Waals surface area contributed by atoms with Crippen LogP contribution in [-0.4, -0.2) is 25.3 Å². The lowest BCUT2D eigenvalue weighted by Gasteiger charge is -2.06.